The lowest BCUT2D eigenvalue weighted by Gasteiger charge is -2.13. The summed E-state index contributed by atoms with van der Waals surface area (Å²) in [5.41, 5.74) is 0. The van der Waals surface area contributed by atoms with Crippen LogP contribution in [0, 0.1) is 0 Å². The van der Waals surface area contributed by atoms with E-state index in [1.807, 2.05) is 0 Å². The maximum atomic E-state index is 3.46. The van der Waals surface area contributed by atoms with Crippen LogP contribution in [0.15, 0.2) is 30.3 Å². The molecule has 0 bridgehead atoms. The molecule has 1 aromatic carbocycles. The summed E-state index contributed by atoms with van der Waals surface area (Å²) in [6.45, 7) is 5.57. The van der Waals surface area contributed by atoms with Crippen molar-refractivity contribution in [3.05, 3.63) is 30.3 Å². The van der Waals surface area contributed by atoms with Crippen molar-refractivity contribution in [3.8, 4) is 0 Å². The molecule has 1 aromatic rings. The van der Waals surface area contributed by atoms with Crippen molar-refractivity contribution in [3.63, 3.8) is 0 Å². The molecule has 0 spiro atoms. The minimum Gasteiger partial charge on any atom is -0.320 e. The number of nitrogens with one attached hydrogen (secondary N) is 1. The topological polar surface area (TPSA) is 12.0 Å². The van der Waals surface area contributed by atoms with Gasteiger partial charge in [0.1, 0.15) is 0 Å². The predicted octanol–water partition coefficient (Wildman–Crippen LogP) is 1.29. The van der Waals surface area contributed by atoms with Gasteiger partial charge in [0.15, 0.2) is 0 Å². The fraction of sp³-hybridized carbons (Fsp3) is 0.455. The van der Waals surface area contributed by atoms with Gasteiger partial charge in [-0.2, -0.15) is 0 Å². The van der Waals surface area contributed by atoms with Crippen LogP contribution < -0.4 is 10.5 Å². The van der Waals surface area contributed by atoms with E-state index in [2.05, 4.69) is 49.5 Å². The Labute approximate surface area is 82.8 Å². The zero-order chi connectivity index (χ0) is 9.52. The smallest absolute Gasteiger partial charge is 0.0851 e. The SMILES string of the molecule is CCNC[SiH](CC)c1ccccc1. The Morgan fingerprint density at radius 3 is 2.38 bits per heavy atom. The first-order chi connectivity index (χ1) is 6.38. The molecule has 0 saturated carbocycles. The van der Waals surface area contributed by atoms with Crippen molar-refractivity contribution < 1.29 is 0 Å². The summed E-state index contributed by atoms with van der Waals surface area (Å²) in [5, 5.41) is 5.05. The standard InChI is InChI=1S/C11H19NSi/c1-3-12-10-13(4-2)11-8-6-5-7-9-11/h5-9,12-13H,3-4,10H2,1-2H3. The molecule has 1 atom stereocenters. The third-order valence-corrected chi connectivity index (χ3v) is 5.50. The Hall–Kier alpha value is -0.603. The third kappa shape index (κ3) is 3.33. The van der Waals surface area contributed by atoms with E-state index in [9.17, 15) is 0 Å². The van der Waals surface area contributed by atoms with Gasteiger partial charge in [0.25, 0.3) is 0 Å². The second kappa shape index (κ2) is 5.94. The van der Waals surface area contributed by atoms with E-state index in [1.54, 1.807) is 5.19 Å². The van der Waals surface area contributed by atoms with Crippen LogP contribution in [0.1, 0.15) is 13.8 Å². The highest BCUT2D eigenvalue weighted by atomic mass is 28.3. The van der Waals surface area contributed by atoms with Gasteiger partial charge in [-0.3, -0.25) is 0 Å². The van der Waals surface area contributed by atoms with Crippen molar-refractivity contribution in [2.24, 2.45) is 0 Å². The minimum absolute atomic E-state index is 0.700. The van der Waals surface area contributed by atoms with Crippen LogP contribution in [0.25, 0.3) is 0 Å². The van der Waals surface area contributed by atoms with E-state index in [0.29, 0.717) is 0 Å². The minimum atomic E-state index is -0.700. The van der Waals surface area contributed by atoms with E-state index < -0.39 is 8.80 Å². The molecule has 1 nitrogen and oxygen atoms in total. The highest BCUT2D eigenvalue weighted by Gasteiger charge is 2.08. The zero-order valence-electron chi connectivity index (χ0n) is 8.59. The normalized spacial score (nSPS) is 12.8. The molecule has 1 rings (SSSR count). The largest absolute Gasteiger partial charge is 0.320 e. The van der Waals surface area contributed by atoms with Crippen LogP contribution in [-0.2, 0) is 0 Å². The molecular weight excluding hydrogens is 174 g/mol. The molecule has 0 aliphatic heterocycles. The lowest BCUT2D eigenvalue weighted by atomic mass is 10.4. The molecule has 1 N–H and O–H groups in total. The molecule has 72 valence electrons. The van der Waals surface area contributed by atoms with Crippen molar-refractivity contribution >= 4 is 14.0 Å². The first kappa shape index (κ1) is 10.5. The van der Waals surface area contributed by atoms with Gasteiger partial charge in [-0.15, -0.1) is 0 Å². The van der Waals surface area contributed by atoms with E-state index in [-0.39, 0.29) is 0 Å². The second-order valence-corrected chi connectivity index (χ2v) is 6.61. The molecule has 1 unspecified atom stereocenters. The highest BCUT2D eigenvalue weighted by molar-refractivity contribution is 6.73. The number of hydrogen-bond donors (Lipinski definition) is 1. The summed E-state index contributed by atoms with van der Waals surface area (Å²) in [7, 11) is -0.700. The Kier molecular flexibility index (Phi) is 4.79. The lowest BCUT2D eigenvalue weighted by molar-refractivity contribution is 0.824. The summed E-state index contributed by atoms with van der Waals surface area (Å²) < 4.78 is 0. The molecule has 13 heavy (non-hydrogen) atoms. The van der Waals surface area contributed by atoms with Gasteiger partial charge in [-0.05, 0) is 12.7 Å². The van der Waals surface area contributed by atoms with Gasteiger partial charge >= 0.3 is 0 Å². The van der Waals surface area contributed by atoms with Crippen LogP contribution in [0.2, 0.25) is 6.04 Å². The average Bonchev–Trinajstić information content (AvgIpc) is 2.21. The third-order valence-electron chi connectivity index (χ3n) is 2.40. The molecule has 0 radical (unpaired) electrons. The fourth-order valence-electron chi connectivity index (χ4n) is 1.54. The van der Waals surface area contributed by atoms with Gasteiger partial charge < -0.3 is 5.32 Å². The Balaban J connectivity index is 2.56. The molecule has 2 heteroatoms. The van der Waals surface area contributed by atoms with Gasteiger partial charge in [0, 0.05) is 0 Å². The van der Waals surface area contributed by atoms with E-state index in [0.717, 1.165) is 6.54 Å². The van der Waals surface area contributed by atoms with Gasteiger partial charge in [0.2, 0.25) is 0 Å². The maximum Gasteiger partial charge on any atom is 0.0851 e. The summed E-state index contributed by atoms with van der Waals surface area (Å²) in [4.78, 5) is 0. The van der Waals surface area contributed by atoms with E-state index in [1.165, 1.54) is 12.2 Å². The van der Waals surface area contributed by atoms with Crippen LogP contribution in [-0.4, -0.2) is 21.5 Å². The van der Waals surface area contributed by atoms with Crippen molar-refractivity contribution in [1.29, 1.82) is 0 Å². The van der Waals surface area contributed by atoms with E-state index in [4.69, 9.17) is 0 Å². The zero-order valence-corrected chi connectivity index (χ0v) is 9.74. The summed E-state index contributed by atoms with van der Waals surface area (Å²) in [6.07, 6.45) is 1.23. The molecule has 0 amide bonds. The van der Waals surface area contributed by atoms with Crippen LogP contribution in [0.4, 0.5) is 0 Å². The second-order valence-electron chi connectivity index (χ2n) is 3.32. The van der Waals surface area contributed by atoms with Crippen LogP contribution in [0.5, 0.6) is 0 Å². The first-order valence-corrected chi connectivity index (χ1v) is 7.35. The quantitative estimate of drug-likeness (QED) is 0.695. The molecule has 0 heterocycles. The molecule has 0 aromatic heterocycles. The number of hydrogen-bond acceptors (Lipinski definition) is 1. The van der Waals surface area contributed by atoms with Crippen LogP contribution >= 0.6 is 0 Å². The van der Waals surface area contributed by atoms with Crippen LogP contribution in [0.3, 0.4) is 0 Å². The molecular formula is C11H19NSi. The Morgan fingerprint density at radius 1 is 1.15 bits per heavy atom. The van der Waals surface area contributed by atoms with Crippen molar-refractivity contribution in [2.45, 2.75) is 19.9 Å². The maximum absolute atomic E-state index is 3.46. The number of benzene rings is 1. The molecule has 0 fully saturated rings. The molecule has 0 saturated heterocycles. The summed E-state index contributed by atoms with van der Waals surface area (Å²) in [6, 6.07) is 12.3. The van der Waals surface area contributed by atoms with Crippen molar-refractivity contribution in [2.75, 3.05) is 12.7 Å². The average molecular weight is 193 g/mol. The summed E-state index contributed by atoms with van der Waals surface area (Å²) >= 11 is 0. The van der Waals surface area contributed by atoms with Gasteiger partial charge in [0.05, 0.1) is 8.80 Å². The Bertz CT molecular complexity index is 223. The lowest BCUT2D eigenvalue weighted by Crippen LogP contribution is -2.39. The molecule has 0 aliphatic carbocycles. The summed E-state index contributed by atoms with van der Waals surface area (Å²) in [5.74, 6) is 0. The van der Waals surface area contributed by atoms with Gasteiger partial charge in [-0.1, -0.05) is 55.4 Å². The van der Waals surface area contributed by atoms with Gasteiger partial charge in [-0.25, -0.2) is 0 Å². The Morgan fingerprint density at radius 2 is 1.85 bits per heavy atom. The van der Waals surface area contributed by atoms with E-state index >= 15 is 0 Å². The highest BCUT2D eigenvalue weighted by Crippen LogP contribution is 1.93. The van der Waals surface area contributed by atoms with Crippen molar-refractivity contribution in [1.82, 2.24) is 5.32 Å². The first-order valence-electron chi connectivity index (χ1n) is 5.14. The predicted molar refractivity (Wildman–Crippen MR) is 62.2 cm³/mol. The fourth-order valence-corrected chi connectivity index (χ4v) is 3.94. The monoisotopic (exact) mass is 193 g/mol. The number of rotatable bonds is 5. The molecule has 0 aliphatic rings.